The summed E-state index contributed by atoms with van der Waals surface area (Å²) in [7, 11) is 0. The van der Waals surface area contributed by atoms with Gasteiger partial charge in [0.15, 0.2) is 0 Å². The highest BCUT2D eigenvalue weighted by molar-refractivity contribution is 5.79. The van der Waals surface area contributed by atoms with Crippen molar-refractivity contribution in [1.82, 2.24) is 5.32 Å². The fraction of sp³-hybridized carbons (Fsp3) is 0.500. The molecule has 0 spiro atoms. The first-order valence-electron chi connectivity index (χ1n) is 6.88. The Balaban J connectivity index is 2.26. The lowest BCUT2D eigenvalue weighted by atomic mass is 10.0. The third-order valence-electron chi connectivity index (χ3n) is 3.35. The molecule has 98 valence electrons. The number of furan rings is 1. The second-order valence-electron chi connectivity index (χ2n) is 5.28. The van der Waals surface area contributed by atoms with Gasteiger partial charge in [0, 0.05) is 5.39 Å². The molecule has 1 unspecified atom stereocenters. The summed E-state index contributed by atoms with van der Waals surface area (Å²) in [5, 5.41) is 4.66. The summed E-state index contributed by atoms with van der Waals surface area (Å²) in [6.07, 6.45) is 1.14. The predicted octanol–water partition coefficient (Wildman–Crippen LogP) is 4.62. The van der Waals surface area contributed by atoms with Crippen LogP contribution in [0.1, 0.15) is 57.4 Å². The van der Waals surface area contributed by atoms with Crippen molar-refractivity contribution in [2.45, 2.75) is 46.1 Å². The first-order chi connectivity index (χ1) is 8.61. The smallest absolute Gasteiger partial charge is 0.134 e. The molecule has 0 radical (unpaired) electrons. The van der Waals surface area contributed by atoms with Gasteiger partial charge in [0.25, 0.3) is 0 Å². The molecule has 0 amide bonds. The van der Waals surface area contributed by atoms with E-state index >= 15 is 0 Å². The van der Waals surface area contributed by atoms with Crippen LogP contribution in [0.5, 0.6) is 0 Å². The van der Waals surface area contributed by atoms with E-state index in [1.54, 1.807) is 0 Å². The lowest BCUT2D eigenvalue weighted by molar-refractivity contribution is 0.452. The molecule has 0 aliphatic carbocycles. The summed E-state index contributed by atoms with van der Waals surface area (Å²) < 4.78 is 5.90. The van der Waals surface area contributed by atoms with E-state index in [-0.39, 0.29) is 6.04 Å². The fourth-order valence-corrected chi connectivity index (χ4v) is 2.12. The van der Waals surface area contributed by atoms with Gasteiger partial charge < -0.3 is 9.73 Å². The molecule has 0 saturated heterocycles. The normalized spacial score (nSPS) is 13.4. The van der Waals surface area contributed by atoms with E-state index in [0.29, 0.717) is 5.92 Å². The summed E-state index contributed by atoms with van der Waals surface area (Å²) in [6, 6.07) is 8.92. The van der Waals surface area contributed by atoms with Gasteiger partial charge in [-0.3, -0.25) is 0 Å². The zero-order valence-corrected chi connectivity index (χ0v) is 11.8. The maximum Gasteiger partial charge on any atom is 0.134 e. The fourth-order valence-electron chi connectivity index (χ4n) is 2.12. The van der Waals surface area contributed by atoms with Crippen LogP contribution in [0.15, 0.2) is 28.7 Å². The highest BCUT2D eigenvalue weighted by atomic mass is 16.3. The van der Waals surface area contributed by atoms with Crippen LogP contribution < -0.4 is 5.32 Å². The molecule has 2 nitrogen and oxygen atoms in total. The highest BCUT2D eigenvalue weighted by Crippen LogP contribution is 2.27. The summed E-state index contributed by atoms with van der Waals surface area (Å²) in [6.45, 7) is 9.78. The molecule has 0 aliphatic heterocycles. The van der Waals surface area contributed by atoms with E-state index in [1.807, 2.05) is 0 Å². The molecule has 1 heterocycles. The summed E-state index contributed by atoms with van der Waals surface area (Å²) in [4.78, 5) is 0. The SMILES string of the molecule is CCCNC(C)c1cc2cc(C(C)C)ccc2o1. The molecule has 2 aromatic rings. The van der Waals surface area contributed by atoms with E-state index < -0.39 is 0 Å². The second kappa shape index (κ2) is 5.57. The summed E-state index contributed by atoms with van der Waals surface area (Å²) >= 11 is 0. The minimum absolute atomic E-state index is 0.278. The van der Waals surface area contributed by atoms with Gasteiger partial charge in [-0.05, 0) is 49.6 Å². The largest absolute Gasteiger partial charge is 0.459 e. The Labute approximate surface area is 109 Å². The van der Waals surface area contributed by atoms with Crippen LogP contribution >= 0.6 is 0 Å². The first kappa shape index (κ1) is 13.2. The van der Waals surface area contributed by atoms with E-state index in [9.17, 15) is 0 Å². The quantitative estimate of drug-likeness (QED) is 0.831. The van der Waals surface area contributed by atoms with Gasteiger partial charge >= 0.3 is 0 Å². The Morgan fingerprint density at radius 1 is 1.17 bits per heavy atom. The van der Waals surface area contributed by atoms with Crippen LogP contribution in [0.2, 0.25) is 0 Å². The highest BCUT2D eigenvalue weighted by Gasteiger charge is 2.11. The van der Waals surface area contributed by atoms with Gasteiger partial charge in [-0.15, -0.1) is 0 Å². The number of hydrogen-bond donors (Lipinski definition) is 1. The van der Waals surface area contributed by atoms with E-state index in [4.69, 9.17) is 4.42 Å². The van der Waals surface area contributed by atoms with Crippen LogP contribution in [0.3, 0.4) is 0 Å². The number of fused-ring (bicyclic) bond motifs is 1. The van der Waals surface area contributed by atoms with Crippen molar-refractivity contribution in [3.63, 3.8) is 0 Å². The van der Waals surface area contributed by atoms with Gasteiger partial charge in [0.05, 0.1) is 6.04 Å². The molecule has 2 heteroatoms. The van der Waals surface area contributed by atoms with Crippen molar-refractivity contribution in [3.05, 3.63) is 35.6 Å². The lowest BCUT2D eigenvalue weighted by Gasteiger charge is -2.09. The van der Waals surface area contributed by atoms with Crippen molar-refractivity contribution in [1.29, 1.82) is 0 Å². The zero-order valence-electron chi connectivity index (χ0n) is 11.8. The first-order valence-corrected chi connectivity index (χ1v) is 6.88. The van der Waals surface area contributed by atoms with Crippen molar-refractivity contribution in [2.75, 3.05) is 6.54 Å². The van der Waals surface area contributed by atoms with Crippen molar-refractivity contribution >= 4 is 11.0 Å². The van der Waals surface area contributed by atoms with Gasteiger partial charge in [0.2, 0.25) is 0 Å². The number of benzene rings is 1. The summed E-state index contributed by atoms with van der Waals surface area (Å²) in [5.41, 5.74) is 2.35. The molecule has 0 fully saturated rings. The second-order valence-corrected chi connectivity index (χ2v) is 5.28. The van der Waals surface area contributed by atoms with Gasteiger partial charge in [-0.2, -0.15) is 0 Å². The third-order valence-corrected chi connectivity index (χ3v) is 3.35. The van der Waals surface area contributed by atoms with Crippen LogP contribution in [-0.4, -0.2) is 6.54 Å². The van der Waals surface area contributed by atoms with Crippen LogP contribution in [-0.2, 0) is 0 Å². The minimum Gasteiger partial charge on any atom is -0.459 e. The Hall–Kier alpha value is -1.28. The lowest BCUT2D eigenvalue weighted by Crippen LogP contribution is -2.18. The Kier molecular flexibility index (Phi) is 4.07. The molecule has 0 saturated carbocycles. The average molecular weight is 245 g/mol. The Bertz CT molecular complexity index is 513. The van der Waals surface area contributed by atoms with Crippen LogP contribution in [0.4, 0.5) is 0 Å². The number of rotatable bonds is 5. The molecule has 0 aliphatic rings. The molecule has 1 aromatic carbocycles. The topological polar surface area (TPSA) is 25.2 Å². The maximum atomic E-state index is 5.90. The molecule has 18 heavy (non-hydrogen) atoms. The van der Waals surface area contributed by atoms with E-state index in [0.717, 1.165) is 24.3 Å². The third kappa shape index (κ3) is 2.75. The Morgan fingerprint density at radius 3 is 2.61 bits per heavy atom. The molecule has 0 bridgehead atoms. The van der Waals surface area contributed by atoms with Gasteiger partial charge in [-0.1, -0.05) is 26.8 Å². The minimum atomic E-state index is 0.278. The van der Waals surface area contributed by atoms with E-state index in [1.165, 1.54) is 10.9 Å². The average Bonchev–Trinajstić information content (AvgIpc) is 2.78. The molecule has 2 rings (SSSR count). The van der Waals surface area contributed by atoms with E-state index in [2.05, 4.69) is 57.3 Å². The Morgan fingerprint density at radius 2 is 1.94 bits per heavy atom. The monoisotopic (exact) mass is 245 g/mol. The molecule has 1 atom stereocenters. The van der Waals surface area contributed by atoms with Crippen molar-refractivity contribution in [2.24, 2.45) is 0 Å². The van der Waals surface area contributed by atoms with Gasteiger partial charge in [0.1, 0.15) is 11.3 Å². The van der Waals surface area contributed by atoms with Crippen LogP contribution in [0, 0.1) is 0 Å². The maximum absolute atomic E-state index is 5.90. The van der Waals surface area contributed by atoms with Crippen molar-refractivity contribution in [3.8, 4) is 0 Å². The summed E-state index contributed by atoms with van der Waals surface area (Å²) in [5.74, 6) is 1.59. The molecular weight excluding hydrogens is 222 g/mol. The molecule has 1 N–H and O–H groups in total. The molecular formula is C16H23NO. The number of nitrogens with one attached hydrogen (secondary N) is 1. The zero-order chi connectivity index (χ0) is 13.1. The predicted molar refractivity (Wildman–Crippen MR) is 77.0 cm³/mol. The number of hydrogen-bond acceptors (Lipinski definition) is 2. The van der Waals surface area contributed by atoms with Crippen molar-refractivity contribution < 1.29 is 4.42 Å². The van der Waals surface area contributed by atoms with Crippen LogP contribution in [0.25, 0.3) is 11.0 Å². The van der Waals surface area contributed by atoms with Gasteiger partial charge in [-0.25, -0.2) is 0 Å². The molecule has 1 aromatic heterocycles. The standard InChI is InChI=1S/C16H23NO/c1-5-8-17-12(4)16-10-14-9-13(11(2)3)6-7-15(14)18-16/h6-7,9-12,17H,5,8H2,1-4H3.